The van der Waals surface area contributed by atoms with Gasteiger partial charge >= 0.3 is 0 Å². The van der Waals surface area contributed by atoms with Gasteiger partial charge in [0.05, 0.1) is 39.5 Å². The van der Waals surface area contributed by atoms with Gasteiger partial charge < -0.3 is 46.1 Å². The number of methoxy groups -OCH3 is 3. The highest BCUT2D eigenvalue weighted by molar-refractivity contribution is 6.38. The van der Waals surface area contributed by atoms with Gasteiger partial charge in [-0.05, 0) is 160 Å². The first-order valence-corrected chi connectivity index (χ1v) is 36.1. The second-order valence-corrected chi connectivity index (χ2v) is 28.3. The zero-order valence-electron chi connectivity index (χ0n) is 60.5. The van der Waals surface area contributed by atoms with Crippen LogP contribution in [-0.2, 0) is 62.4 Å². The Morgan fingerprint density at radius 2 is 0.692 bits per heavy atom. The molecule has 6 atom stereocenters. The van der Waals surface area contributed by atoms with Crippen molar-refractivity contribution in [3.05, 3.63) is 197 Å². The molecule has 0 bridgehead atoms. The summed E-state index contributed by atoms with van der Waals surface area (Å²) in [6, 6.07) is 46.1. The molecule has 6 amide bonds. The van der Waals surface area contributed by atoms with Gasteiger partial charge in [0.25, 0.3) is 35.4 Å². The Bertz CT molecular complexity index is 3800. The van der Waals surface area contributed by atoms with Crippen molar-refractivity contribution in [3.8, 4) is 17.2 Å². The molecule has 0 aromatic heterocycles. The van der Waals surface area contributed by atoms with E-state index < -0.39 is 76.9 Å². The molecule has 0 heterocycles. The number of ether oxygens (including phenoxy) is 3. The van der Waals surface area contributed by atoms with Crippen molar-refractivity contribution in [1.29, 1.82) is 0 Å². The fraction of sp³-hybridized carbons (Fsp3) is 0.422. The predicted octanol–water partition coefficient (Wildman–Crippen LogP) is 9.88. The first kappa shape index (κ1) is 79.3. The molecule has 10 rings (SSSR count). The molecule has 0 radical (unpaired) electrons. The largest absolute Gasteiger partial charge is 0.497 e. The fourth-order valence-corrected chi connectivity index (χ4v) is 11.9. The van der Waals surface area contributed by atoms with E-state index in [2.05, 4.69) is 31.9 Å². The fourth-order valence-electron chi connectivity index (χ4n) is 11.9. The number of hydrogen-bond donors (Lipinski definition) is 6. The summed E-state index contributed by atoms with van der Waals surface area (Å²) in [4.78, 5) is 155. The number of Topliss-reactive ketones (excluding diaryl/α,β-unsaturated/α-hetero) is 6. The van der Waals surface area contributed by atoms with Crippen molar-refractivity contribution in [2.75, 3.05) is 21.3 Å². The summed E-state index contributed by atoms with van der Waals surface area (Å²) in [6.07, 6.45) is 8.73. The van der Waals surface area contributed by atoms with Crippen LogP contribution in [0, 0.1) is 35.5 Å². The second kappa shape index (κ2) is 39.3. The highest BCUT2D eigenvalue weighted by Crippen LogP contribution is 2.35. The standard InChI is InChI=1S/C28H32N2O5.C28H34N2O5.C27H32N2O5/c1-35-23-9-5-8-20(16-23)27(33)30-24(15-19-10-11-19)25(31)17-21(14-18-6-3-2-4-7-18)26(32)28(34)29-22-12-13-22;1-18(2)14-24(30-27(33)20-10-7-11-23(16-20)35-3)25(31)17-21(15-19-8-5-4-6-9-19)26(32)28(34)29-22-12-13-22;1-17(2)24(29-26(32)19-10-7-11-22(15-19)34-3)23(30)16-20(14-18-8-5-4-6-9-18)25(31)27(33)28-21-12-13-21/h2-9,16,19,21-22,24H,10-15,17H2,1H3,(H,29,34)(H,30,33);4-11,16,18,21-22,24H,12-15,17H2,1-3H3,(H,29,34)(H,30,33);4-11,15,17,20-21,24H,12-14,16H2,1-3H3,(H,28,33)(H,29,32)/t2*21-,24+;20-,24+/m111/s1. The van der Waals surface area contributed by atoms with Crippen molar-refractivity contribution in [1.82, 2.24) is 31.9 Å². The van der Waals surface area contributed by atoms with Crippen LogP contribution < -0.4 is 46.1 Å². The lowest BCUT2D eigenvalue weighted by molar-refractivity contribution is -0.141. The molecule has 0 unspecified atom stereocenters. The average Bonchev–Trinajstić information content (AvgIpc) is 1.37. The zero-order valence-corrected chi connectivity index (χ0v) is 60.5. The van der Waals surface area contributed by atoms with Gasteiger partial charge in [-0.15, -0.1) is 0 Å². The van der Waals surface area contributed by atoms with Crippen molar-refractivity contribution in [2.24, 2.45) is 35.5 Å². The van der Waals surface area contributed by atoms with Gasteiger partial charge in [0.1, 0.15) is 17.2 Å². The smallest absolute Gasteiger partial charge is 0.287 e. The van der Waals surface area contributed by atoms with E-state index in [1.807, 2.05) is 119 Å². The van der Waals surface area contributed by atoms with Crippen LogP contribution in [0.25, 0.3) is 0 Å². The summed E-state index contributed by atoms with van der Waals surface area (Å²) in [6.45, 7) is 7.60. The third-order valence-electron chi connectivity index (χ3n) is 18.5. The number of nitrogens with one attached hydrogen (secondary N) is 6. The van der Waals surface area contributed by atoms with E-state index in [1.54, 1.807) is 72.8 Å². The maximum Gasteiger partial charge on any atom is 0.287 e. The Kier molecular flexibility index (Phi) is 29.9. The molecule has 4 fully saturated rings. The summed E-state index contributed by atoms with van der Waals surface area (Å²) in [5.41, 5.74) is 3.79. The minimum Gasteiger partial charge on any atom is -0.497 e. The van der Waals surface area contributed by atoms with E-state index in [-0.39, 0.29) is 91.2 Å². The Morgan fingerprint density at radius 1 is 0.375 bits per heavy atom. The van der Waals surface area contributed by atoms with Gasteiger partial charge in [-0.2, -0.15) is 0 Å². The third-order valence-corrected chi connectivity index (χ3v) is 18.5. The van der Waals surface area contributed by atoms with Gasteiger partial charge in [0.15, 0.2) is 17.3 Å². The van der Waals surface area contributed by atoms with Crippen molar-refractivity contribution in [2.45, 2.75) is 167 Å². The first-order valence-electron chi connectivity index (χ1n) is 36.1. The molecule has 21 heteroatoms. The Balaban J connectivity index is 0.000000197. The van der Waals surface area contributed by atoms with E-state index in [0.717, 1.165) is 68.1 Å². The van der Waals surface area contributed by atoms with E-state index in [1.165, 1.54) is 21.3 Å². The van der Waals surface area contributed by atoms with E-state index in [0.29, 0.717) is 59.1 Å². The first-order chi connectivity index (χ1) is 50.0. The highest BCUT2D eigenvalue weighted by atomic mass is 16.5. The topological polar surface area (TPSA) is 305 Å². The summed E-state index contributed by atoms with van der Waals surface area (Å²) in [5, 5.41) is 16.7. The molecule has 4 aliphatic carbocycles. The molecule has 0 saturated heterocycles. The van der Waals surface area contributed by atoms with Crippen molar-refractivity contribution in [3.63, 3.8) is 0 Å². The number of ketones is 6. The van der Waals surface area contributed by atoms with Crippen LogP contribution in [0.1, 0.15) is 159 Å². The number of rotatable bonds is 38. The lowest BCUT2D eigenvalue weighted by Gasteiger charge is -2.24. The number of amides is 6. The molecule has 104 heavy (non-hydrogen) atoms. The third kappa shape index (κ3) is 26.1. The van der Waals surface area contributed by atoms with E-state index in [9.17, 15) is 57.5 Å². The molecular weight excluding hydrogens is 1320 g/mol. The summed E-state index contributed by atoms with van der Waals surface area (Å²) in [5.74, 6) is -5.99. The van der Waals surface area contributed by atoms with Crippen LogP contribution >= 0.6 is 0 Å². The minimum atomic E-state index is -0.802. The van der Waals surface area contributed by atoms with Gasteiger partial charge in [-0.25, -0.2) is 0 Å². The zero-order chi connectivity index (χ0) is 74.8. The molecular formula is C83H98N6O15. The van der Waals surface area contributed by atoms with Gasteiger partial charge in [0, 0.05) is 71.8 Å². The molecule has 4 aliphatic rings. The maximum absolute atomic E-state index is 13.4. The Labute approximate surface area is 608 Å². The van der Waals surface area contributed by atoms with Crippen LogP contribution in [0.5, 0.6) is 17.2 Å². The molecule has 0 aliphatic heterocycles. The number of carbonyl (C=O) groups excluding carboxylic acids is 12. The summed E-state index contributed by atoms with van der Waals surface area (Å²) >= 11 is 0. The molecule has 0 spiro atoms. The average molecular weight is 1420 g/mol. The summed E-state index contributed by atoms with van der Waals surface area (Å²) < 4.78 is 15.6. The highest BCUT2D eigenvalue weighted by Gasteiger charge is 2.39. The molecule has 6 aromatic carbocycles. The number of hydrogen-bond acceptors (Lipinski definition) is 15. The molecule has 6 N–H and O–H groups in total. The van der Waals surface area contributed by atoms with Crippen LogP contribution in [-0.4, -0.2) is 128 Å². The predicted molar refractivity (Wildman–Crippen MR) is 393 cm³/mol. The second-order valence-electron chi connectivity index (χ2n) is 28.3. The Hall–Kier alpha value is -10.4. The summed E-state index contributed by atoms with van der Waals surface area (Å²) in [7, 11) is 4.56. The van der Waals surface area contributed by atoms with Gasteiger partial charge in [0.2, 0.25) is 17.3 Å². The quantitative estimate of drug-likeness (QED) is 0.0197. The Morgan fingerprint density at radius 3 is 1.00 bits per heavy atom. The van der Waals surface area contributed by atoms with Crippen LogP contribution in [0.2, 0.25) is 0 Å². The van der Waals surface area contributed by atoms with Crippen molar-refractivity contribution >= 4 is 70.1 Å². The molecule has 6 aromatic rings. The van der Waals surface area contributed by atoms with Gasteiger partial charge in [-0.1, -0.05) is 150 Å². The van der Waals surface area contributed by atoms with Gasteiger partial charge in [-0.3, -0.25) is 57.5 Å². The molecule has 4 saturated carbocycles. The SMILES string of the molecule is COc1cccc(C(=O)N[C@@H](CC(C)C)C(=O)C[C@@H](Cc2ccccc2)C(=O)C(=O)NC2CC2)c1.COc1cccc(C(=O)N[C@@H](CC2CC2)C(=O)C[C@@H](Cc2ccccc2)C(=O)C(=O)NC2CC2)c1.COc1cccc(C(=O)N[C@H](C(=O)C[C@@H](Cc2ccccc2)C(=O)C(=O)NC2CC2)C(C)C)c1. The minimum absolute atomic E-state index is 0.0510. The molecule has 550 valence electrons. The van der Waals surface area contributed by atoms with Crippen LogP contribution in [0.15, 0.2) is 164 Å². The van der Waals surface area contributed by atoms with Crippen LogP contribution in [0.4, 0.5) is 0 Å². The lowest BCUT2D eigenvalue weighted by Crippen LogP contribution is -2.46. The molecule has 21 nitrogen and oxygen atoms in total. The van der Waals surface area contributed by atoms with E-state index in [4.69, 9.17) is 14.2 Å². The van der Waals surface area contributed by atoms with Crippen LogP contribution in [0.3, 0.4) is 0 Å². The monoisotopic (exact) mass is 1420 g/mol. The normalized spacial score (nSPS) is 15.3. The van der Waals surface area contributed by atoms with Crippen molar-refractivity contribution < 1.29 is 71.7 Å². The van der Waals surface area contributed by atoms with E-state index >= 15 is 0 Å². The lowest BCUT2D eigenvalue weighted by atomic mass is 9.86. The maximum atomic E-state index is 13.4. The number of benzene rings is 6. The number of carbonyl (C=O) groups is 12.